The second-order valence-corrected chi connectivity index (χ2v) is 9.59. The minimum absolute atomic E-state index is 0.0163. The summed E-state index contributed by atoms with van der Waals surface area (Å²) < 4.78 is 5.66. The molecule has 3 N–H and O–H groups in total. The molecule has 2 fully saturated rings. The van der Waals surface area contributed by atoms with Crippen LogP contribution < -0.4 is 11.2 Å². The predicted molar refractivity (Wildman–Crippen MR) is 131 cm³/mol. The van der Waals surface area contributed by atoms with Crippen LogP contribution in [-0.2, 0) is 9.53 Å². The summed E-state index contributed by atoms with van der Waals surface area (Å²) in [6.07, 6.45) is 15.6. The lowest BCUT2D eigenvalue weighted by Crippen LogP contribution is -2.52. The average molecular weight is 443 g/mol. The van der Waals surface area contributed by atoms with Gasteiger partial charge in [0, 0.05) is 19.2 Å². The van der Waals surface area contributed by atoms with E-state index >= 15 is 0 Å². The Balaban J connectivity index is 2.50. The molecule has 0 aliphatic carbocycles. The molecule has 1 unspecified atom stereocenters. The monoisotopic (exact) mass is 442 g/mol. The van der Waals surface area contributed by atoms with Gasteiger partial charge in [-0.05, 0) is 77.5 Å². The number of nitrogens with zero attached hydrogens (tertiary/aromatic N) is 2. The van der Waals surface area contributed by atoms with E-state index in [1.165, 1.54) is 0 Å². The number of hydrazine groups is 1. The number of carbonyl (C=O) groups is 1. The van der Waals surface area contributed by atoms with Crippen molar-refractivity contribution in [2.45, 2.75) is 96.9 Å². The number of carbonyl (C=O) groups excluding carboxylic acids is 1. The van der Waals surface area contributed by atoms with Crippen LogP contribution in [0.25, 0.3) is 0 Å². The van der Waals surface area contributed by atoms with Crippen molar-refractivity contribution < 1.29 is 9.53 Å². The number of nitrogens with two attached hydrogens (primary N) is 1. The molecule has 32 heavy (non-hydrogen) atoms. The molecule has 0 saturated carbocycles. The van der Waals surface area contributed by atoms with E-state index in [0.717, 1.165) is 37.7 Å². The van der Waals surface area contributed by atoms with Gasteiger partial charge in [0.05, 0.1) is 23.3 Å². The SMILES string of the molecule is C#C/C=C\C(=C/C)[C@H]1CCC(C)(C)N(N)/C(=C(\C)C(=O)N2CC(OC)CC2(CC)CC)N1. The zero-order valence-electron chi connectivity index (χ0n) is 21.0. The maximum atomic E-state index is 13.9. The quantitative estimate of drug-likeness (QED) is 0.283. The van der Waals surface area contributed by atoms with Crippen LogP contribution in [0.3, 0.4) is 0 Å². The number of methoxy groups -OCH3 is 1. The molecule has 0 aromatic carbocycles. The molecule has 2 saturated heterocycles. The van der Waals surface area contributed by atoms with Crippen molar-refractivity contribution in [2.24, 2.45) is 5.84 Å². The molecule has 2 aliphatic heterocycles. The molecule has 0 bridgehead atoms. The van der Waals surface area contributed by atoms with Gasteiger partial charge in [-0.15, -0.1) is 6.42 Å². The van der Waals surface area contributed by atoms with Gasteiger partial charge in [-0.25, -0.2) is 5.84 Å². The number of rotatable bonds is 6. The van der Waals surface area contributed by atoms with Crippen molar-refractivity contribution in [1.29, 1.82) is 0 Å². The van der Waals surface area contributed by atoms with Crippen LogP contribution in [0.5, 0.6) is 0 Å². The highest BCUT2D eigenvalue weighted by molar-refractivity contribution is 5.94. The number of ether oxygens (including phenoxy) is 1. The Kier molecular flexibility index (Phi) is 8.61. The zero-order chi connectivity index (χ0) is 24.1. The van der Waals surface area contributed by atoms with E-state index in [-0.39, 0.29) is 29.1 Å². The lowest BCUT2D eigenvalue weighted by Gasteiger charge is -2.39. The second-order valence-electron chi connectivity index (χ2n) is 9.59. The highest BCUT2D eigenvalue weighted by atomic mass is 16.5. The summed E-state index contributed by atoms with van der Waals surface area (Å²) in [4.78, 5) is 15.9. The molecule has 178 valence electrons. The Hall–Kier alpha value is -2.23. The lowest BCUT2D eigenvalue weighted by molar-refractivity contribution is -0.131. The van der Waals surface area contributed by atoms with E-state index in [0.29, 0.717) is 17.9 Å². The van der Waals surface area contributed by atoms with Gasteiger partial charge >= 0.3 is 0 Å². The summed E-state index contributed by atoms with van der Waals surface area (Å²) >= 11 is 0. The average Bonchev–Trinajstić information content (AvgIpc) is 3.13. The molecule has 2 rings (SSSR count). The minimum Gasteiger partial charge on any atom is -0.380 e. The van der Waals surface area contributed by atoms with Crippen LogP contribution in [0.1, 0.15) is 73.6 Å². The van der Waals surface area contributed by atoms with Crippen LogP contribution in [0.15, 0.2) is 35.2 Å². The van der Waals surface area contributed by atoms with Gasteiger partial charge in [-0.1, -0.05) is 25.8 Å². The van der Waals surface area contributed by atoms with E-state index < -0.39 is 0 Å². The molecule has 0 aromatic heterocycles. The Labute approximate surface area is 194 Å². The Morgan fingerprint density at radius 3 is 2.56 bits per heavy atom. The first-order valence-electron chi connectivity index (χ1n) is 11.8. The van der Waals surface area contributed by atoms with E-state index in [1.807, 2.05) is 24.8 Å². The highest BCUT2D eigenvalue weighted by Gasteiger charge is 2.46. The third-order valence-electron chi connectivity index (χ3n) is 7.49. The van der Waals surface area contributed by atoms with Crippen LogP contribution in [-0.4, -0.2) is 52.7 Å². The Bertz CT molecular complexity index is 814. The third kappa shape index (κ3) is 5.05. The standard InChI is InChI=1S/C26H42N4O2/c1-9-13-14-20(10-2)22-15-16-25(6,7)30(27)23(28-22)19(5)24(31)29-18-21(32-8)17-26(29,11-3)12-4/h1,10,13-14,21-22,28H,11-12,15-18,27H2,2-8H3/b14-13-,20-10+,23-19+/t21?,22-/m1/s1. The molecule has 2 heterocycles. The van der Waals surface area contributed by atoms with Crippen LogP contribution in [0, 0.1) is 12.3 Å². The smallest absolute Gasteiger partial charge is 0.253 e. The first-order chi connectivity index (χ1) is 15.1. The summed E-state index contributed by atoms with van der Waals surface area (Å²) in [7, 11) is 1.73. The molecule has 6 nitrogen and oxygen atoms in total. The van der Waals surface area contributed by atoms with Gasteiger partial charge in [0.25, 0.3) is 5.91 Å². The lowest BCUT2D eigenvalue weighted by atomic mass is 9.89. The van der Waals surface area contributed by atoms with Crippen molar-refractivity contribution in [3.05, 3.63) is 35.2 Å². The minimum atomic E-state index is -0.306. The predicted octanol–water partition coefficient (Wildman–Crippen LogP) is 3.87. The fraction of sp³-hybridized carbons (Fsp3) is 0.654. The van der Waals surface area contributed by atoms with E-state index in [9.17, 15) is 4.79 Å². The molecule has 0 spiro atoms. The third-order valence-corrected chi connectivity index (χ3v) is 7.49. The number of terminal acetylenes is 1. The number of hydrogen-bond acceptors (Lipinski definition) is 5. The number of hydrogen-bond donors (Lipinski definition) is 2. The number of nitrogens with one attached hydrogen (secondary N) is 1. The van der Waals surface area contributed by atoms with Crippen molar-refractivity contribution in [3.8, 4) is 12.3 Å². The fourth-order valence-electron chi connectivity index (χ4n) is 5.00. The van der Waals surface area contributed by atoms with E-state index in [2.05, 4.69) is 45.0 Å². The maximum Gasteiger partial charge on any atom is 0.253 e. The van der Waals surface area contributed by atoms with E-state index in [1.54, 1.807) is 18.2 Å². The highest BCUT2D eigenvalue weighted by Crippen LogP contribution is 2.38. The molecular formula is C26H42N4O2. The van der Waals surface area contributed by atoms with Gasteiger partial charge < -0.3 is 15.0 Å². The summed E-state index contributed by atoms with van der Waals surface area (Å²) in [5, 5.41) is 5.33. The summed E-state index contributed by atoms with van der Waals surface area (Å²) in [5.74, 6) is 9.89. The van der Waals surface area contributed by atoms with Crippen molar-refractivity contribution >= 4 is 5.91 Å². The second kappa shape index (κ2) is 10.6. The van der Waals surface area contributed by atoms with Gasteiger partial charge in [0.2, 0.25) is 0 Å². The molecule has 6 heteroatoms. The Morgan fingerprint density at radius 1 is 1.38 bits per heavy atom. The summed E-state index contributed by atoms with van der Waals surface area (Å²) in [6, 6.07) is 0.0163. The van der Waals surface area contributed by atoms with Gasteiger partial charge in [0.1, 0.15) is 5.82 Å². The molecule has 1 amide bonds. The fourth-order valence-corrected chi connectivity index (χ4v) is 5.00. The summed E-state index contributed by atoms with van der Waals surface area (Å²) in [6.45, 7) is 13.0. The van der Waals surface area contributed by atoms with Crippen molar-refractivity contribution in [1.82, 2.24) is 15.2 Å². The van der Waals surface area contributed by atoms with Gasteiger partial charge in [-0.2, -0.15) is 0 Å². The number of amides is 1. The molecule has 0 radical (unpaired) electrons. The van der Waals surface area contributed by atoms with Gasteiger partial charge in [-0.3, -0.25) is 9.80 Å². The van der Waals surface area contributed by atoms with Crippen molar-refractivity contribution in [2.75, 3.05) is 13.7 Å². The molecule has 2 atom stereocenters. The first-order valence-corrected chi connectivity index (χ1v) is 11.8. The molecule has 0 aromatic rings. The van der Waals surface area contributed by atoms with Crippen molar-refractivity contribution in [3.63, 3.8) is 0 Å². The number of likely N-dealkylation sites (tertiary alicyclic amines) is 1. The topological polar surface area (TPSA) is 70.8 Å². The van der Waals surface area contributed by atoms with Crippen LogP contribution >= 0.6 is 0 Å². The first kappa shape index (κ1) is 26.0. The molecular weight excluding hydrogens is 400 g/mol. The van der Waals surface area contributed by atoms with Crippen LogP contribution in [0.2, 0.25) is 0 Å². The Morgan fingerprint density at radius 2 is 2.03 bits per heavy atom. The number of allylic oxidation sites excluding steroid dienone is 2. The largest absolute Gasteiger partial charge is 0.380 e. The maximum absolute atomic E-state index is 13.9. The summed E-state index contributed by atoms with van der Waals surface area (Å²) in [5.41, 5.74) is 1.22. The molecule has 2 aliphatic rings. The zero-order valence-corrected chi connectivity index (χ0v) is 21.0. The van der Waals surface area contributed by atoms with Gasteiger partial charge in [0.15, 0.2) is 0 Å². The van der Waals surface area contributed by atoms with E-state index in [4.69, 9.17) is 17.0 Å². The normalized spacial score (nSPS) is 27.2. The van der Waals surface area contributed by atoms with Crippen LogP contribution in [0.4, 0.5) is 0 Å².